The lowest BCUT2D eigenvalue weighted by atomic mass is 9.97. The smallest absolute Gasteiger partial charge is 0.306 e. The van der Waals surface area contributed by atoms with Gasteiger partial charge in [-0.2, -0.15) is 0 Å². The first-order valence-electron chi connectivity index (χ1n) is 7.72. The number of likely N-dealkylation sites (tertiary alicyclic amines) is 1. The molecule has 1 aromatic rings. The average Bonchev–Trinajstić information content (AvgIpc) is 2.46. The predicted molar refractivity (Wildman–Crippen MR) is 82.8 cm³/mol. The standard InChI is InChI=1S/C17H25NO3/c1-13-5-3-6-14(2)16(13)21-12-4-9-18-10-7-15(8-11-18)17(19)20/h3,5-6,15H,4,7-12H2,1-2H3,(H,19,20). The van der Waals surface area contributed by atoms with E-state index in [2.05, 4.69) is 30.9 Å². The van der Waals surface area contributed by atoms with Gasteiger partial charge in [0.1, 0.15) is 5.75 Å². The molecule has 1 N–H and O–H groups in total. The second kappa shape index (κ2) is 7.46. The fourth-order valence-electron chi connectivity index (χ4n) is 2.89. The molecule has 1 heterocycles. The van der Waals surface area contributed by atoms with Crippen LogP contribution in [0.15, 0.2) is 18.2 Å². The molecule has 0 atom stereocenters. The van der Waals surface area contributed by atoms with Gasteiger partial charge in [0.25, 0.3) is 0 Å². The summed E-state index contributed by atoms with van der Waals surface area (Å²) in [4.78, 5) is 13.2. The van der Waals surface area contributed by atoms with Crippen molar-refractivity contribution in [2.75, 3.05) is 26.2 Å². The highest BCUT2D eigenvalue weighted by Crippen LogP contribution is 2.22. The molecule has 0 spiro atoms. The number of rotatable bonds is 6. The number of piperidine rings is 1. The maximum absolute atomic E-state index is 10.9. The number of para-hydroxylation sites is 1. The molecule has 21 heavy (non-hydrogen) atoms. The maximum Gasteiger partial charge on any atom is 0.306 e. The quantitative estimate of drug-likeness (QED) is 0.819. The van der Waals surface area contributed by atoms with E-state index in [4.69, 9.17) is 9.84 Å². The van der Waals surface area contributed by atoms with Gasteiger partial charge in [0.05, 0.1) is 12.5 Å². The Kier molecular flexibility index (Phi) is 5.62. The average molecular weight is 291 g/mol. The number of aliphatic carboxylic acids is 1. The first-order valence-corrected chi connectivity index (χ1v) is 7.72. The zero-order chi connectivity index (χ0) is 15.2. The second-order valence-corrected chi connectivity index (χ2v) is 5.88. The monoisotopic (exact) mass is 291 g/mol. The summed E-state index contributed by atoms with van der Waals surface area (Å²) < 4.78 is 5.90. The number of benzene rings is 1. The van der Waals surface area contributed by atoms with Gasteiger partial charge in [0, 0.05) is 6.54 Å². The normalized spacial score (nSPS) is 16.9. The summed E-state index contributed by atoms with van der Waals surface area (Å²) in [5.41, 5.74) is 2.36. The zero-order valence-corrected chi connectivity index (χ0v) is 13.0. The van der Waals surface area contributed by atoms with Crippen LogP contribution in [0.4, 0.5) is 0 Å². The van der Waals surface area contributed by atoms with Gasteiger partial charge >= 0.3 is 5.97 Å². The molecule has 0 amide bonds. The van der Waals surface area contributed by atoms with Gasteiger partial charge in [-0.3, -0.25) is 4.79 Å². The van der Waals surface area contributed by atoms with Crippen LogP contribution in [0, 0.1) is 19.8 Å². The minimum atomic E-state index is -0.645. The third kappa shape index (κ3) is 4.46. The van der Waals surface area contributed by atoms with E-state index in [9.17, 15) is 4.79 Å². The molecule has 116 valence electrons. The molecule has 0 bridgehead atoms. The van der Waals surface area contributed by atoms with E-state index in [0.29, 0.717) is 6.61 Å². The van der Waals surface area contributed by atoms with Crippen LogP contribution in [-0.2, 0) is 4.79 Å². The van der Waals surface area contributed by atoms with Crippen molar-refractivity contribution in [2.45, 2.75) is 33.1 Å². The molecular weight excluding hydrogens is 266 g/mol. The summed E-state index contributed by atoms with van der Waals surface area (Å²) in [6, 6.07) is 6.18. The third-order valence-electron chi connectivity index (χ3n) is 4.21. The Morgan fingerprint density at radius 1 is 1.29 bits per heavy atom. The topological polar surface area (TPSA) is 49.8 Å². The summed E-state index contributed by atoms with van der Waals surface area (Å²) in [5.74, 6) is 0.210. The third-order valence-corrected chi connectivity index (χ3v) is 4.21. The van der Waals surface area contributed by atoms with Crippen LogP contribution >= 0.6 is 0 Å². The van der Waals surface area contributed by atoms with E-state index >= 15 is 0 Å². The molecule has 2 rings (SSSR count). The Bertz CT molecular complexity index is 459. The number of nitrogens with zero attached hydrogens (tertiary/aromatic N) is 1. The number of hydrogen-bond donors (Lipinski definition) is 1. The Hall–Kier alpha value is -1.55. The summed E-state index contributed by atoms with van der Waals surface area (Å²) in [5, 5.41) is 8.98. The van der Waals surface area contributed by atoms with E-state index in [-0.39, 0.29) is 5.92 Å². The molecule has 1 aromatic carbocycles. The predicted octanol–water partition coefficient (Wildman–Crippen LogP) is 2.87. The van der Waals surface area contributed by atoms with Crippen LogP contribution in [0.3, 0.4) is 0 Å². The Balaban J connectivity index is 1.68. The highest BCUT2D eigenvalue weighted by atomic mass is 16.5. The Labute approximate surface area is 126 Å². The summed E-state index contributed by atoms with van der Waals surface area (Å²) in [6.07, 6.45) is 2.52. The van der Waals surface area contributed by atoms with Gasteiger partial charge in [-0.1, -0.05) is 18.2 Å². The first kappa shape index (κ1) is 15.8. The molecular formula is C17H25NO3. The van der Waals surface area contributed by atoms with Crippen LogP contribution in [-0.4, -0.2) is 42.2 Å². The lowest BCUT2D eigenvalue weighted by molar-refractivity contribution is -0.143. The van der Waals surface area contributed by atoms with Gasteiger partial charge in [-0.25, -0.2) is 0 Å². The number of hydrogen-bond acceptors (Lipinski definition) is 3. The number of carbonyl (C=O) groups is 1. The molecule has 4 nitrogen and oxygen atoms in total. The van der Waals surface area contributed by atoms with Crippen LogP contribution in [0.25, 0.3) is 0 Å². The fraction of sp³-hybridized carbons (Fsp3) is 0.588. The number of aryl methyl sites for hydroxylation is 2. The van der Waals surface area contributed by atoms with Crippen molar-refractivity contribution >= 4 is 5.97 Å². The van der Waals surface area contributed by atoms with E-state index in [1.165, 1.54) is 11.1 Å². The van der Waals surface area contributed by atoms with Crippen molar-refractivity contribution in [2.24, 2.45) is 5.92 Å². The molecule has 1 saturated heterocycles. The molecule has 1 fully saturated rings. The van der Waals surface area contributed by atoms with E-state index < -0.39 is 5.97 Å². The Morgan fingerprint density at radius 3 is 2.48 bits per heavy atom. The zero-order valence-electron chi connectivity index (χ0n) is 13.0. The van der Waals surface area contributed by atoms with Crippen LogP contribution in [0.1, 0.15) is 30.4 Å². The van der Waals surface area contributed by atoms with Crippen molar-refractivity contribution < 1.29 is 14.6 Å². The van der Waals surface area contributed by atoms with Crippen molar-refractivity contribution in [3.8, 4) is 5.75 Å². The lowest BCUT2D eigenvalue weighted by Gasteiger charge is -2.29. The molecule has 1 aliphatic rings. The van der Waals surface area contributed by atoms with Crippen LogP contribution in [0.2, 0.25) is 0 Å². The Morgan fingerprint density at radius 2 is 1.90 bits per heavy atom. The van der Waals surface area contributed by atoms with E-state index in [1.54, 1.807) is 0 Å². The van der Waals surface area contributed by atoms with Crippen molar-refractivity contribution in [1.29, 1.82) is 0 Å². The first-order chi connectivity index (χ1) is 10.1. The minimum Gasteiger partial charge on any atom is -0.493 e. The van der Waals surface area contributed by atoms with Gasteiger partial charge in [0.2, 0.25) is 0 Å². The molecule has 0 aromatic heterocycles. The number of carboxylic acids is 1. The molecule has 0 radical (unpaired) electrons. The van der Waals surface area contributed by atoms with Crippen molar-refractivity contribution in [3.05, 3.63) is 29.3 Å². The van der Waals surface area contributed by atoms with E-state index in [0.717, 1.165) is 44.6 Å². The molecule has 1 aliphatic heterocycles. The van der Waals surface area contributed by atoms with E-state index in [1.807, 2.05) is 6.07 Å². The number of carboxylic acid groups (broad SMARTS) is 1. The van der Waals surface area contributed by atoms with Crippen molar-refractivity contribution in [3.63, 3.8) is 0 Å². The van der Waals surface area contributed by atoms with Crippen LogP contribution in [0.5, 0.6) is 5.75 Å². The largest absolute Gasteiger partial charge is 0.493 e. The summed E-state index contributed by atoms with van der Waals surface area (Å²) in [7, 11) is 0. The highest BCUT2D eigenvalue weighted by molar-refractivity contribution is 5.70. The molecule has 0 saturated carbocycles. The second-order valence-electron chi connectivity index (χ2n) is 5.88. The molecule has 0 unspecified atom stereocenters. The SMILES string of the molecule is Cc1cccc(C)c1OCCCN1CCC(C(=O)O)CC1. The minimum absolute atomic E-state index is 0.146. The fourth-order valence-corrected chi connectivity index (χ4v) is 2.89. The van der Waals surface area contributed by atoms with Gasteiger partial charge < -0.3 is 14.7 Å². The van der Waals surface area contributed by atoms with Gasteiger partial charge in [-0.15, -0.1) is 0 Å². The summed E-state index contributed by atoms with van der Waals surface area (Å²) in [6.45, 7) is 7.61. The molecule has 0 aliphatic carbocycles. The lowest BCUT2D eigenvalue weighted by Crippen LogP contribution is -2.37. The van der Waals surface area contributed by atoms with Gasteiger partial charge in [-0.05, 0) is 57.3 Å². The highest BCUT2D eigenvalue weighted by Gasteiger charge is 2.23. The molecule has 4 heteroatoms. The summed E-state index contributed by atoms with van der Waals surface area (Å²) >= 11 is 0. The van der Waals surface area contributed by atoms with Crippen LogP contribution < -0.4 is 4.74 Å². The maximum atomic E-state index is 10.9. The van der Waals surface area contributed by atoms with Crippen molar-refractivity contribution in [1.82, 2.24) is 4.90 Å². The van der Waals surface area contributed by atoms with Gasteiger partial charge in [0.15, 0.2) is 0 Å². The number of ether oxygens (including phenoxy) is 1.